The molecule has 1 aliphatic rings. The maximum Gasteiger partial charge on any atom is 0.131 e. The molecule has 2 unspecified atom stereocenters. The maximum atomic E-state index is 4.51. The molecular weight excluding hydrogens is 242 g/mol. The first kappa shape index (κ1) is 11.9. The van der Waals surface area contributed by atoms with Crippen LogP contribution < -0.4 is 5.32 Å². The number of nitrogens with zero attached hydrogens (tertiary/aromatic N) is 2. The zero-order valence-electron chi connectivity index (χ0n) is 11.1. The van der Waals surface area contributed by atoms with Crippen molar-refractivity contribution in [2.45, 2.75) is 32.4 Å². The number of thiophene rings is 1. The highest BCUT2D eigenvalue weighted by molar-refractivity contribution is 7.10. The number of nitrogens with one attached hydrogen (secondary N) is 1. The highest BCUT2D eigenvalue weighted by atomic mass is 32.1. The Labute approximate surface area is 112 Å². The van der Waals surface area contributed by atoms with Crippen LogP contribution in [0.1, 0.15) is 37.0 Å². The van der Waals surface area contributed by atoms with Gasteiger partial charge in [0.15, 0.2) is 0 Å². The van der Waals surface area contributed by atoms with E-state index in [4.69, 9.17) is 0 Å². The number of hydrogen-bond donors (Lipinski definition) is 1. The minimum absolute atomic E-state index is 0.219. The van der Waals surface area contributed by atoms with Gasteiger partial charge in [-0.15, -0.1) is 11.3 Å². The molecule has 3 rings (SSSR count). The zero-order valence-corrected chi connectivity index (χ0v) is 11.9. The smallest absolute Gasteiger partial charge is 0.131 e. The molecule has 1 aliphatic carbocycles. The lowest BCUT2D eigenvalue weighted by atomic mass is 10.1. The topological polar surface area (TPSA) is 29.9 Å². The zero-order chi connectivity index (χ0) is 12.8. The van der Waals surface area contributed by atoms with Crippen molar-refractivity contribution in [2.24, 2.45) is 12.5 Å². The van der Waals surface area contributed by atoms with Crippen molar-refractivity contribution >= 4 is 11.3 Å². The molecule has 0 spiro atoms. The Morgan fingerprint density at radius 1 is 1.56 bits per heavy atom. The molecule has 96 valence electrons. The first-order valence-electron chi connectivity index (χ1n) is 6.34. The van der Waals surface area contributed by atoms with E-state index in [-0.39, 0.29) is 6.04 Å². The van der Waals surface area contributed by atoms with Crippen molar-refractivity contribution in [2.75, 3.05) is 0 Å². The first-order chi connectivity index (χ1) is 8.58. The van der Waals surface area contributed by atoms with E-state index in [2.05, 4.69) is 53.3 Å². The molecule has 4 heteroatoms. The minimum Gasteiger partial charge on any atom is -0.336 e. The SMILES string of the molecule is Cn1ccnc1C(NC1CC1(C)C)c1cccs1. The van der Waals surface area contributed by atoms with E-state index in [1.165, 1.54) is 11.3 Å². The van der Waals surface area contributed by atoms with Crippen LogP contribution in [-0.4, -0.2) is 15.6 Å². The standard InChI is InChI=1S/C14H19N3S/c1-14(2)9-11(14)16-12(10-5-4-8-18-10)13-15-6-7-17(13)3/h4-8,11-12,16H,9H2,1-3H3. The van der Waals surface area contributed by atoms with Crippen LogP contribution in [0.4, 0.5) is 0 Å². The Kier molecular flexibility index (Phi) is 2.79. The van der Waals surface area contributed by atoms with Crippen LogP contribution in [0.25, 0.3) is 0 Å². The number of aromatic nitrogens is 2. The molecule has 0 amide bonds. The predicted molar refractivity (Wildman–Crippen MR) is 74.7 cm³/mol. The minimum atomic E-state index is 0.219. The summed E-state index contributed by atoms with van der Waals surface area (Å²) in [6, 6.07) is 5.11. The molecule has 0 bridgehead atoms. The molecule has 18 heavy (non-hydrogen) atoms. The summed E-state index contributed by atoms with van der Waals surface area (Å²) < 4.78 is 2.10. The second kappa shape index (κ2) is 4.21. The highest BCUT2D eigenvalue weighted by Crippen LogP contribution is 2.46. The van der Waals surface area contributed by atoms with Crippen molar-refractivity contribution in [3.05, 3.63) is 40.6 Å². The van der Waals surface area contributed by atoms with Gasteiger partial charge >= 0.3 is 0 Å². The van der Waals surface area contributed by atoms with Gasteiger partial charge in [0.1, 0.15) is 11.9 Å². The maximum absolute atomic E-state index is 4.51. The summed E-state index contributed by atoms with van der Waals surface area (Å²) in [6.45, 7) is 4.63. The summed E-state index contributed by atoms with van der Waals surface area (Å²) in [6.07, 6.45) is 5.13. The molecule has 2 aromatic heterocycles. The molecule has 0 aliphatic heterocycles. The number of hydrogen-bond acceptors (Lipinski definition) is 3. The summed E-state index contributed by atoms with van der Waals surface area (Å²) in [4.78, 5) is 5.85. The van der Waals surface area contributed by atoms with Crippen molar-refractivity contribution < 1.29 is 0 Å². The van der Waals surface area contributed by atoms with E-state index in [0.717, 1.165) is 5.82 Å². The summed E-state index contributed by atoms with van der Waals surface area (Å²) in [5, 5.41) is 5.88. The van der Waals surface area contributed by atoms with Gasteiger partial charge in [-0.25, -0.2) is 4.98 Å². The van der Waals surface area contributed by atoms with Crippen LogP contribution in [-0.2, 0) is 7.05 Å². The van der Waals surface area contributed by atoms with E-state index in [0.29, 0.717) is 11.5 Å². The van der Waals surface area contributed by atoms with Crippen molar-refractivity contribution in [1.29, 1.82) is 0 Å². The number of aryl methyl sites for hydroxylation is 1. The predicted octanol–water partition coefficient (Wildman–Crippen LogP) is 2.96. The lowest BCUT2D eigenvalue weighted by molar-refractivity contribution is 0.491. The molecule has 0 aromatic carbocycles. The van der Waals surface area contributed by atoms with Crippen LogP contribution in [0.2, 0.25) is 0 Å². The molecule has 2 aromatic rings. The van der Waals surface area contributed by atoms with Gasteiger partial charge < -0.3 is 4.57 Å². The molecule has 1 saturated carbocycles. The average molecular weight is 261 g/mol. The van der Waals surface area contributed by atoms with Crippen LogP contribution in [0.5, 0.6) is 0 Å². The monoisotopic (exact) mass is 261 g/mol. The Balaban J connectivity index is 1.88. The molecule has 1 N–H and O–H groups in total. The van der Waals surface area contributed by atoms with Gasteiger partial charge in [-0.3, -0.25) is 5.32 Å². The fourth-order valence-electron chi connectivity index (χ4n) is 2.35. The Hall–Kier alpha value is -1.13. The van der Waals surface area contributed by atoms with Gasteiger partial charge in [-0.2, -0.15) is 0 Å². The van der Waals surface area contributed by atoms with Crippen LogP contribution in [0, 0.1) is 5.41 Å². The van der Waals surface area contributed by atoms with Crippen molar-refractivity contribution in [1.82, 2.24) is 14.9 Å². The molecule has 2 heterocycles. The quantitative estimate of drug-likeness (QED) is 0.917. The summed E-state index contributed by atoms with van der Waals surface area (Å²) in [5.41, 5.74) is 0.431. The van der Waals surface area contributed by atoms with Gasteiger partial charge in [-0.05, 0) is 23.3 Å². The molecule has 3 nitrogen and oxygen atoms in total. The van der Waals surface area contributed by atoms with Gasteiger partial charge in [0.25, 0.3) is 0 Å². The van der Waals surface area contributed by atoms with Gasteiger partial charge in [0.05, 0.1) is 0 Å². The third kappa shape index (κ3) is 2.10. The Bertz CT molecular complexity index is 527. The Morgan fingerprint density at radius 3 is 2.83 bits per heavy atom. The van der Waals surface area contributed by atoms with Crippen molar-refractivity contribution in [3.63, 3.8) is 0 Å². The van der Waals surface area contributed by atoms with Gasteiger partial charge in [-0.1, -0.05) is 19.9 Å². The number of rotatable bonds is 4. The van der Waals surface area contributed by atoms with E-state index >= 15 is 0 Å². The largest absolute Gasteiger partial charge is 0.336 e. The third-order valence-corrected chi connectivity index (χ3v) is 4.76. The normalized spacial score (nSPS) is 22.9. The lowest BCUT2D eigenvalue weighted by Gasteiger charge is -2.18. The average Bonchev–Trinajstić information content (AvgIpc) is 2.81. The van der Waals surface area contributed by atoms with Crippen LogP contribution >= 0.6 is 11.3 Å². The molecule has 1 fully saturated rings. The molecule has 0 saturated heterocycles. The van der Waals surface area contributed by atoms with Crippen molar-refractivity contribution in [3.8, 4) is 0 Å². The summed E-state index contributed by atoms with van der Waals surface area (Å²) >= 11 is 1.79. The van der Waals surface area contributed by atoms with E-state index in [1.807, 2.05) is 12.4 Å². The van der Waals surface area contributed by atoms with Crippen LogP contribution in [0.3, 0.4) is 0 Å². The molecule has 2 atom stereocenters. The third-order valence-electron chi connectivity index (χ3n) is 3.83. The fraction of sp³-hybridized carbons (Fsp3) is 0.500. The number of imidazole rings is 1. The fourth-order valence-corrected chi connectivity index (χ4v) is 3.13. The molecule has 0 radical (unpaired) electrons. The van der Waals surface area contributed by atoms with E-state index in [9.17, 15) is 0 Å². The summed E-state index contributed by atoms with van der Waals surface area (Å²) in [7, 11) is 2.06. The second-order valence-corrected chi connectivity index (χ2v) is 6.74. The van der Waals surface area contributed by atoms with E-state index in [1.54, 1.807) is 11.3 Å². The van der Waals surface area contributed by atoms with Gasteiger partial charge in [0, 0.05) is 30.4 Å². The van der Waals surface area contributed by atoms with E-state index < -0.39 is 0 Å². The second-order valence-electron chi connectivity index (χ2n) is 5.76. The molecular formula is C14H19N3S. The van der Waals surface area contributed by atoms with Gasteiger partial charge in [0.2, 0.25) is 0 Å². The van der Waals surface area contributed by atoms with Crippen LogP contribution in [0.15, 0.2) is 29.9 Å². The Morgan fingerprint density at radius 2 is 2.33 bits per heavy atom. The summed E-state index contributed by atoms with van der Waals surface area (Å²) in [5.74, 6) is 1.10. The first-order valence-corrected chi connectivity index (χ1v) is 7.22. The lowest BCUT2D eigenvalue weighted by Crippen LogP contribution is -2.28. The highest BCUT2D eigenvalue weighted by Gasteiger charge is 2.47.